The molecule has 0 aliphatic heterocycles. The fraction of sp³-hybridized carbons (Fsp3) is 0.615. The van der Waals surface area contributed by atoms with Crippen LogP contribution in [-0.4, -0.2) is 19.5 Å². The lowest BCUT2D eigenvalue weighted by molar-refractivity contribution is 0.562. The number of rotatable bonds is 7. The van der Waals surface area contributed by atoms with Crippen molar-refractivity contribution in [1.82, 2.24) is 19.5 Å². The SMILES string of the molecule is CCCCCCCCn1cnc2c(=S)nc[nH]c21. The molecule has 0 aliphatic carbocycles. The van der Waals surface area contributed by atoms with Crippen molar-refractivity contribution >= 4 is 23.4 Å². The van der Waals surface area contributed by atoms with Gasteiger partial charge in [-0.25, -0.2) is 9.97 Å². The number of unbranched alkanes of at least 4 members (excludes halogenated alkanes) is 5. The molecule has 0 amide bonds. The van der Waals surface area contributed by atoms with E-state index >= 15 is 0 Å². The summed E-state index contributed by atoms with van der Waals surface area (Å²) in [5, 5.41) is 0. The molecule has 0 aromatic carbocycles. The Morgan fingerprint density at radius 3 is 2.78 bits per heavy atom. The topological polar surface area (TPSA) is 46.5 Å². The molecule has 2 rings (SSSR count). The van der Waals surface area contributed by atoms with Gasteiger partial charge < -0.3 is 9.55 Å². The molecule has 18 heavy (non-hydrogen) atoms. The van der Waals surface area contributed by atoms with E-state index in [-0.39, 0.29) is 0 Å². The lowest BCUT2D eigenvalue weighted by Gasteiger charge is -2.04. The molecule has 0 radical (unpaired) electrons. The van der Waals surface area contributed by atoms with Crippen molar-refractivity contribution in [1.29, 1.82) is 0 Å². The minimum absolute atomic E-state index is 0.574. The number of nitrogens with zero attached hydrogens (tertiary/aromatic N) is 3. The molecule has 5 heteroatoms. The zero-order valence-corrected chi connectivity index (χ0v) is 11.7. The van der Waals surface area contributed by atoms with Gasteiger partial charge in [-0.1, -0.05) is 51.2 Å². The highest BCUT2D eigenvalue weighted by Gasteiger charge is 2.03. The van der Waals surface area contributed by atoms with Crippen molar-refractivity contribution in [2.45, 2.75) is 52.0 Å². The van der Waals surface area contributed by atoms with Crippen LogP contribution in [0.3, 0.4) is 0 Å². The Bertz CT molecular complexity index is 543. The number of aromatic nitrogens is 4. The summed E-state index contributed by atoms with van der Waals surface area (Å²) in [6.45, 7) is 3.24. The van der Waals surface area contributed by atoms with E-state index < -0.39 is 0 Å². The van der Waals surface area contributed by atoms with Crippen molar-refractivity contribution in [3.05, 3.63) is 17.3 Å². The highest BCUT2D eigenvalue weighted by atomic mass is 32.1. The summed E-state index contributed by atoms with van der Waals surface area (Å²) in [6, 6.07) is 0. The summed E-state index contributed by atoms with van der Waals surface area (Å²) in [5.74, 6) is 0. The molecule has 0 fully saturated rings. The van der Waals surface area contributed by atoms with Gasteiger partial charge in [0.2, 0.25) is 0 Å². The number of hydrogen-bond acceptors (Lipinski definition) is 3. The number of fused-ring (bicyclic) bond motifs is 1. The van der Waals surface area contributed by atoms with E-state index in [0.29, 0.717) is 4.64 Å². The maximum absolute atomic E-state index is 5.14. The van der Waals surface area contributed by atoms with E-state index in [9.17, 15) is 0 Å². The van der Waals surface area contributed by atoms with E-state index in [4.69, 9.17) is 12.2 Å². The molecular weight excluding hydrogens is 244 g/mol. The fourth-order valence-corrected chi connectivity index (χ4v) is 2.34. The number of aromatic amines is 1. The number of hydrogen-bond donors (Lipinski definition) is 1. The van der Waals surface area contributed by atoms with Crippen molar-refractivity contribution in [2.75, 3.05) is 0 Å². The summed E-state index contributed by atoms with van der Waals surface area (Å²) >= 11 is 5.14. The quantitative estimate of drug-likeness (QED) is 0.610. The van der Waals surface area contributed by atoms with Crippen molar-refractivity contribution in [3.8, 4) is 0 Å². The zero-order chi connectivity index (χ0) is 12.8. The van der Waals surface area contributed by atoms with Crippen molar-refractivity contribution in [2.24, 2.45) is 0 Å². The highest BCUT2D eigenvalue weighted by molar-refractivity contribution is 7.71. The Morgan fingerprint density at radius 1 is 1.17 bits per heavy atom. The lowest BCUT2D eigenvalue weighted by Crippen LogP contribution is -1.98. The molecule has 0 aliphatic rings. The van der Waals surface area contributed by atoms with Crippen LogP contribution in [-0.2, 0) is 6.54 Å². The summed E-state index contributed by atoms with van der Waals surface area (Å²) in [7, 11) is 0. The van der Waals surface area contributed by atoms with Gasteiger partial charge in [-0.3, -0.25) is 0 Å². The average molecular weight is 264 g/mol. The van der Waals surface area contributed by atoms with E-state index in [1.807, 2.05) is 6.33 Å². The Kier molecular flexibility index (Phi) is 4.87. The van der Waals surface area contributed by atoms with Crippen LogP contribution in [0.2, 0.25) is 0 Å². The van der Waals surface area contributed by atoms with Gasteiger partial charge in [0.1, 0.15) is 11.2 Å². The summed E-state index contributed by atoms with van der Waals surface area (Å²) in [4.78, 5) is 11.5. The predicted molar refractivity (Wildman–Crippen MR) is 76.1 cm³/mol. The van der Waals surface area contributed by atoms with Gasteiger partial charge in [0, 0.05) is 6.54 Å². The van der Waals surface area contributed by atoms with Crippen LogP contribution in [0, 0.1) is 4.64 Å². The third-order valence-electron chi connectivity index (χ3n) is 3.18. The Labute approximate surface area is 112 Å². The monoisotopic (exact) mass is 264 g/mol. The van der Waals surface area contributed by atoms with Gasteiger partial charge >= 0.3 is 0 Å². The number of H-pyrrole nitrogens is 1. The first-order valence-corrected chi connectivity index (χ1v) is 7.12. The fourth-order valence-electron chi connectivity index (χ4n) is 2.14. The molecular formula is C13H20N4S. The molecule has 0 atom stereocenters. The second kappa shape index (κ2) is 6.64. The molecule has 2 heterocycles. The molecule has 0 bridgehead atoms. The van der Waals surface area contributed by atoms with Gasteiger partial charge in [-0.05, 0) is 6.42 Å². The van der Waals surface area contributed by atoms with Crippen LogP contribution >= 0.6 is 12.2 Å². The van der Waals surface area contributed by atoms with E-state index in [1.165, 1.54) is 38.5 Å². The first-order valence-electron chi connectivity index (χ1n) is 6.71. The van der Waals surface area contributed by atoms with Crippen molar-refractivity contribution < 1.29 is 0 Å². The van der Waals surface area contributed by atoms with Crippen LogP contribution in [0.25, 0.3) is 11.2 Å². The van der Waals surface area contributed by atoms with Gasteiger partial charge in [0.15, 0.2) is 4.64 Å². The molecule has 98 valence electrons. The number of nitrogens with one attached hydrogen (secondary N) is 1. The third-order valence-corrected chi connectivity index (χ3v) is 3.47. The smallest absolute Gasteiger partial charge is 0.157 e. The van der Waals surface area contributed by atoms with Crippen LogP contribution in [0.1, 0.15) is 45.4 Å². The Hall–Kier alpha value is -1.23. The Balaban J connectivity index is 1.88. The van der Waals surface area contributed by atoms with Gasteiger partial charge in [0.25, 0.3) is 0 Å². The Morgan fingerprint density at radius 2 is 1.94 bits per heavy atom. The minimum Gasteiger partial charge on any atom is -0.331 e. The standard InChI is InChI=1S/C13H20N4S/c1-2-3-4-5-6-7-8-17-10-16-11-12(17)14-9-15-13(11)18/h9-10H,2-8H2,1H3,(H,14,15,18). The largest absolute Gasteiger partial charge is 0.331 e. The molecule has 4 nitrogen and oxygen atoms in total. The van der Waals surface area contributed by atoms with E-state index in [2.05, 4.69) is 26.4 Å². The van der Waals surface area contributed by atoms with E-state index in [0.717, 1.165) is 17.7 Å². The zero-order valence-electron chi connectivity index (χ0n) is 10.9. The second-order valence-electron chi connectivity index (χ2n) is 4.61. The van der Waals surface area contributed by atoms with Gasteiger partial charge in [0.05, 0.1) is 12.7 Å². The van der Waals surface area contributed by atoms with Crippen LogP contribution in [0.5, 0.6) is 0 Å². The highest BCUT2D eigenvalue weighted by Crippen LogP contribution is 2.12. The molecule has 0 saturated heterocycles. The van der Waals surface area contributed by atoms with Crippen molar-refractivity contribution in [3.63, 3.8) is 0 Å². The van der Waals surface area contributed by atoms with E-state index in [1.54, 1.807) is 6.33 Å². The molecule has 2 aromatic rings. The van der Waals surface area contributed by atoms with Gasteiger partial charge in [-0.2, -0.15) is 0 Å². The maximum Gasteiger partial charge on any atom is 0.157 e. The molecule has 0 saturated carbocycles. The normalized spacial score (nSPS) is 11.2. The first-order chi connectivity index (χ1) is 8.83. The molecule has 0 unspecified atom stereocenters. The van der Waals surface area contributed by atoms with Crippen LogP contribution in [0.15, 0.2) is 12.7 Å². The number of aryl methyl sites for hydroxylation is 1. The summed E-state index contributed by atoms with van der Waals surface area (Å²) < 4.78 is 2.71. The molecule has 1 N–H and O–H groups in total. The average Bonchev–Trinajstić information content (AvgIpc) is 2.79. The number of imidazole rings is 1. The lowest BCUT2D eigenvalue weighted by atomic mass is 10.1. The summed E-state index contributed by atoms with van der Waals surface area (Å²) in [6.07, 6.45) is 11.3. The van der Waals surface area contributed by atoms with Crippen LogP contribution in [0.4, 0.5) is 0 Å². The molecule has 0 spiro atoms. The third kappa shape index (κ3) is 3.16. The van der Waals surface area contributed by atoms with Crippen LogP contribution < -0.4 is 0 Å². The second-order valence-corrected chi connectivity index (χ2v) is 5.00. The first kappa shape index (κ1) is 13.2. The predicted octanol–water partition coefficient (Wildman–Crippen LogP) is 3.85. The molecule has 2 aromatic heterocycles. The minimum atomic E-state index is 0.574. The maximum atomic E-state index is 5.14. The summed E-state index contributed by atoms with van der Waals surface area (Å²) in [5.41, 5.74) is 1.79. The van der Waals surface area contributed by atoms with Gasteiger partial charge in [-0.15, -0.1) is 0 Å².